The minimum Gasteiger partial charge on any atom is -0.481 e. The maximum Gasteiger partial charge on any atom is 0.303 e. The van der Waals surface area contributed by atoms with Crippen molar-refractivity contribution in [1.82, 2.24) is 0 Å². The van der Waals surface area contributed by atoms with Crippen LogP contribution in [0.25, 0.3) is 0 Å². The highest BCUT2D eigenvalue weighted by Crippen LogP contribution is 1.99. The Morgan fingerprint density at radius 2 is 1.82 bits per heavy atom. The summed E-state index contributed by atoms with van der Waals surface area (Å²) in [5, 5.41) is 8.21. The second-order valence-corrected chi connectivity index (χ2v) is 2.60. The zero-order valence-electron chi connectivity index (χ0n) is 6.18. The number of halogens is 1. The second-order valence-electron chi connectivity index (χ2n) is 2.22. The fourth-order valence-electron chi connectivity index (χ4n) is 0.635. The van der Waals surface area contributed by atoms with Gasteiger partial charge in [-0.2, -0.15) is 0 Å². The van der Waals surface area contributed by atoms with E-state index in [0.717, 1.165) is 0 Å². The van der Waals surface area contributed by atoms with E-state index in [2.05, 4.69) is 0 Å². The van der Waals surface area contributed by atoms with Gasteiger partial charge in [-0.3, -0.25) is 9.59 Å². The fourth-order valence-corrected chi connectivity index (χ4v) is 0.769. The molecule has 0 aromatic heterocycles. The van der Waals surface area contributed by atoms with E-state index < -0.39 is 5.97 Å². The molecule has 0 radical (unpaired) electrons. The summed E-state index contributed by atoms with van der Waals surface area (Å²) in [4.78, 5) is 20.8. The average Bonchev–Trinajstić information content (AvgIpc) is 1.97. The van der Waals surface area contributed by atoms with E-state index in [9.17, 15) is 9.59 Å². The van der Waals surface area contributed by atoms with Crippen molar-refractivity contribution in [3.63, 3.8) is 0 Å². The molecule has 0 aromatic carbocycles. The molecule has 11 heavy (non-hydrogen) atoms. The van der Waals surface area contributed by atoms with Gasteiger partial charge in [0.15, 0.2) is 0 Å². The third-order valence-electron chi connectivity index (χ3n) is 1.21. The Labute approximate surface area is 70.3 Å². The van der Waals surface area contributed by atoms with Gasteiger partial charge in [0.1, 0.15) is 5.78 Å². The number of ketones is 1. The number of rotatable bonds is 6. The first-order chi connectivity index (χ1) is 5.16. The van der Waals surface area contributed by atoms with E-state index >= 15 is 0 Å². The van der Waals surface area contributed by atoms with Crippen LogP contribution in [-0.4, -0.2) is 22.7 Å². The van der Waals surface area contributed by atoms with Crippen LogP contribution in [0.5, 0.6) is 0 Å². The SMILES string of the molecule is O=C(O)CCC(=O)CCCCl. The molecule has 0 unspecified atom stereocenters. The first-order valence-corrected chi connectivity index (χ1v) is 3.99. The Morgan fingerprint density at radius 3 is 2.27 bits per heavy atom. The van der Waals surface area contributed by atoms with Gasteiger partial charge in [0.05, 0.1) is 6.42 Å². The smallest absolute Gasteiger partial charge is 0.303 e. The van der Waals surface area contributed by atoms with E-state index in [4.69, 9.17) is 16.7 Å². The number of Topliss-reactive ketones (excluding diaryl/α,β-unsaturated/α-hetero) is 1. The fraction of sp³-hybridized carbons (Fsp3) is 0.714. The molecular formula is C7H11ClO3. The lowest BCUT2D eigenvalue weighted by atomic mass is 10.1. The number of carbonyl (C=O) groups is 2. The first-order valence-electron chi connectivity index (χ1n) is 3.46. The molecule has 0 saturated carbocycles. The Morgan fingerprint density at radius 1 is 1.18 bits per heavy atom. The summed E-state index contributed by atoms with van der Waals surface area (Å²) in [6.45, 7) is 0. The summed E-state index contributed by atoms with van der Waals surface area (Å²) in [5.41, 5.74) is 0. The topological polar surface area (TPSA) is 54.4 Å². The van der Waals surface area contributed by atoms with Crippen LogP contribution in [0.3, 0.4) is 0 Å². The average molecular weight is 179 g/mol. The number of alkyl halides is 1. The van der Waals surface area contributed by atoms with E-state index in [1.165, 1.54) is 0 Å². The summed E-state index contributed by atoms with van der Waals surface area (Å²) < 4.78 is 0. The molecule has 0 rings (SSSR count). The normalized spacial score (nSPS) is 9.55. The molecule has 0 aromatic rings. The Bertz CT molecular complexity index is 145. The zero-order valence-corrected chi connectivity index (χ0v) is 6.93. The predicted octanol–water partition coefficient (Wildman–Crippen LogP) is 1.44. The first kappa shape index (κ1) is 10.4. The lowest BCUT2D eigenvalue weighted by Crippen LogP contribution is -2.02. The molecule has 0 heterocycles. The molecule has 3 nitrogen and oxygen atoms in total. The Kier molecular flexibility index (Phi) is 5.84. The monoisotopic (exact) mass is 178 g/mol. The standard InChI is InChI=1S/C7H11ClO3/c8-5-1-2-6(9)3-4-7(10)11/h1-5H2,(H,10,11). The van der Waals surface area contributed by atoms with Crippen molar-refractivity contribution in [1.29, 1.82) is 0 Å². The van der Waals surface area contributed by atoms with Gasteiger partial charge in [-0.15, -0.1) is 11.6 Å². The van der Waals surface area contributed by atoms with Crippen LogP contribution in [0.15, 0.2) is 0 Å². The van der Waals surface area contributed by atoms with Gasteiger partial charge in [0, 0.05) is 18.7 Å². The van der Waals surface area contributed by atoms with Gasteiger partial charge in [-0.05, 0) is 6.42 Å². The third kappa shape index (κ3) is 7.33. The van der Waals surface area contributed by atoms with Gasteiger partial charge in [-0.1, -0.05) is 0 Å². The second kappa shape index (κ2) is 6.16. The lowest BCUT2D eigenvalue weighted by molar-refractivity contribution is -0.138. The molecule has 0 aliphatic heterocycles. The summed E-state index contributed by atoms with van der Waals surface area (Å²) in [6, 6.07) is 0. The van der Waals surface area contributed by atoms with E-state index in [1.54, 1.807) is 0 Å². The predicted molar refractivity (Wildman–Crippen MR) is 41.8 cm³/mol. The lowest BCUT2D eigenvalue weighted by Gasteiger charge is -1.94. The van der Waals surface area contributed by atoms with Crippen molar-refractivity contribution in [3.05, 3.63) is 0 Å². The van der Waals surface area contributed by atoms with Crippen molar-refractivity contribution in [2.45, 2.75) is 25.7 Å². The van der Waals surface area contributed by atoms with Crippen molar-refractivity contribution >= 4 is 23.4 Å². The molecule has 1 N–H and O–H groups in total. The van der Waals surface area contributed by atoms with Gasteiger partial charge in [0.2, 0.25) is 0 Å². The highest BCUT2D eigenvalue weighted by Gasteiger charge is 2.04. The quantitative estimate of drug-likeness (QED) is 0.627. The van der Waals surface area contributed by atoms with Crippen LogP contribution >= 0.6 is 11.6 Å². The van der Waals surface area contributed by atoms with Crippen LogP contribution in [-0.2, 0) is 9.59 Å². The summed E-state index contributed by atoms with van der Waals surface area (Å²) in [7, 11) is 0. The van der Waals surface area contributed by atoms with Crippen molar-refractivity contribution < 1.29 is 14.7 Å². The molecule has 0 atom stereocenters. The van der Waals surface area contributed by atoms with E-state index in [-0.39, 0.29) is 18.6 Å². The number of carboxylic acids is 1. The largest absolute Gasteiger partial charge is 0.481 e. The molecule has 0 fully saturated rings. The molecule has 0 saturated heterocycles. The molecule has 0 bridgehead atoms. The van der Waals surface area contributed by atoms with Crippen LogP contribution in [0.1, 0.15) is 25.7 Å². The molecule has 0 aliphatic carbocycles. The molecular weight excluding hydrogens is 168 g/mol. The third-order valence-corrected chi connectivity index (χ3v) is 1.47. The number of hydrogen-bond donors (Lipinski definition) is 1. The van der Waals surface area contributed by atoms with Crippen LogP contribution in [0.4, 0.5) is 0 Å². The maximum absolute atomic E-state index is 10.8. The maximum atomic E-state index is 10.8. The van der Waals surface area contributed by atoms with Crippen molar-refractivity contribution in [3.8, 4) is 0 Å². The molecule has 0 spiro atoms. The van der Waals surface area contributed by atoms with Gasteiger partial charge >= 0.3 is 5.97 Å². The van der Waals surface area contributed by atoms with Gasteiger partial charge in [0.25, 0.3) is 0 Å². The number of carbonyl (C=O) groups excluding carboxylic acids is 1. The van der Waals surface area contributed by atoms with Gasteiger partial charge in [-0.25, -0.2) is 0 Å². The number of hydrogen-bond acceptors (Lipinski definition) is 2. The van der Waals surface area contributed by atoms with E-state index in [1.807, 2.05) is 0 Å². The Hall–Kier alpha value is -0.570. The minimum atomic E-state index is -0.927. The molecule has 64 valence electrons. The molecule has 4 heteroatoms. The highest BCUT2D eigenvalue weighted by atomic mass is 35.5. The minimum absolute atomic E-state index is 0.0203. The van der Waals surface area contributed by atoms with Crippen LogP contribution in [0, 0.1) is 0 Å². The molecule has 0 amide bonds. The summed E-state index contributed by atoms with van der Waals surface area (Å²) in [5.74, 6) is -0.490. The highest BCUT2D eigenvalue weighted by molar-refractivity contribution is 6.17. The van der Waals surface area contributed by atoms with E-state index in [0.29, 0.717) is 18.7 Å². The molecule has 0 aliphatic rings. The summed E-state index contributed by atoms with van der Waals surface area (Å²) in [6.07, 6.45) is 1.10. The zero-order chi connectivity index (χ0) is 8.69. The van der Waals surface area contributed by atoms with Crippen LogP contribution < -0.4 is 0 Å². The number of carboxylic acid groups (broad SMARTS) is 1. The summed E-state index contributed by atoms with van der Waals surface area (Å²) >= 11 is 5.34. The number of aliphatic carboxylic acids is 1. The van der Waals surface area contributed by atoms with Crippen molar-refractivity contribution in [2.75, 3.05) is 5.88 Å². The van der Waals surface area contributed by atoms with Gasteiger partial charge < -0.3 is 5.11 Å². The Balaban J connectivity index is 3.30. The van der Waals surface area contributed by atoms with Crippen molar-refractivity contribution in [2.24, 2.45) is 0 Å². The van der Waals surface area contributed by atoms with Crippen LogP contribution in [0.2, 0.25) is 0 Å².